The molecule has 0 saturated carbocycles. The molecule has 5 heteroatoms. The highest BCUT2D eigenvalue weighted by molar-refractivity contribution is 5.93. The van der Waals surface area contributed by atoms with Gasteiger partial charge in [0.15, 0.2) is 0 Å². The average molecular weight is 252 g/mol. The van der Waals surface area contributed by atoms with Gasteiger partial charge in [-0.05, 0) is 24.3 Å². The zero-order valence-electron chi connectivity index (χ0n) is 10.8. The van der Waals surface area contributed by atoms with E-state index in [0.29, 0.717) is 12.1 Å². The molecule has 1 aromatic rings. The molecule has 5 nitrogen and oxygen atoms in total. The van der Waals surface area contributed by atoms with Gasteiger partial charge >= 0.3 is 0 Å². The maximum absolute atomic E-state index is 11.8. The number of rotatable bonds is 6. The van der Waals surface area contributed by atoms with Gasteiger partial charge in [0.2, 0.25) is 5.56 Å². The van der Waals surface area contributed by atoms with Crippen LogP contribution in [-0.4, -0.2) is 29.1 Å². The Kier molecular flexibility index (Phi) is 5.09. The number of pyridine rings is 1. The van der Waals surface area contributed by atoms with E-state index >= 15 is 0 Å². The van der Waals surface area contributed by atoms with Crippen molar-refractivity contribution in [3.63, 3.8) is 0 Å². The predicted octanol–water partition coefficient (Wildman–Crippen LogP) is 0.903. The van der Waals surface area contributed by atoms with Crippen molar-refractivity contribution in [2.75, 3.05) is 13.2 Å². The maximum atomic E-state index is 11.8. The lowest BCUT2D eigenvalue weighted by Gasteiger charge is -2.24. The molecule has 0 unspecified atom stereocenters. The third kappa shape index (κ3) is 4.71. The van der Waals surface area contributed by atoms with Gasteiger partial charge in [-0.1, -0.05) is 13.8 Å². The van der Waals surface area contributed by atoms with E-state index < -0.39 is 0 Å². The van der Waals surface area contributed by atoms with Crippen LogP contribution in [0.2, 0.25) is 0 Å². The summed E-state index contributed by atoms with van der Waals surface area (Å²) in [6, 6.07) is 2.82. The van der Waals surface area contributed by atoms with E-state index in [2.05, 4.69) is 10.3 Å². The summed E-state index contributed by atoms with van der Waals surface area (Å²) in [5.74, 6) is -0.205. The predicted molar refractivity (Wildman–Crippen MR) is 69.5 cm³/mol. The minimum atomic E-state index is -0.227. The van der Waals surface area contributed by atoms with Crippen molar-refractivity contribution in [1.29, 1.82) is 0 Å². The number of aromatic nitrogens is 1. The Morgan fingerprint density at radius 3 is 2.72 bits per heavy atom. The van der Waals surface area contributed by atoms with Crippen molar-refractivity contribution in [2.24, 2.45) is 5.41 Å². The van der Waals surface area contributed by atoms with Crippen molar-refractivity contribution >= 4 is 5.91 Å². The number of H-pyrrole nitrogens is 1. The fourth-order valence-electron chi connectivity index (χ4n) is 1.62. The lowest BCUT2D eigenvalue weighted by molar-refractivity contribution is 0.0932. The van der Waals surface area contributed by atoms with Crippen LogP contribution in [0.5, 0.6) is 0 Å². The Balaban J connectivity index is 2.50. The molecule has 18 heavy (non-hydrogen) atoms. The second-order valence-corrected chi connectivity index (χ2v) is 5.12. The molecule has 0 radical (unpaired) electrons. The van der Waals surface area contributed by atoms with Crippen LogP contribution < -0.4 is 10.9 Å². The van der Waals surface area contributed by atoms with Crippen LogP contribution >= 0.6 is 0 Å². The number of hydrogen-bond donors (Lipinski definition) is 3. The summed E-state index contributed by atoms with van der Waals surface area (Å²) < 4.78 is 0. The Labute approximate surface area is 106 Å². The topological polar surface area (TPSA) is 82.2 Å². The van der Waals surface area contributed by atoms with Crippen molar-refractivity contribution in [1.82, 2.24) is 10.3 Å². The molecule has 0 atom stereocenters. The molecule has 0 fully saturated rings. The highest BCUT2D eigenvalue weighted by Gasteiger charge is 2.18. The van der Waals surface area contributed by atoms with Crippen LogP contribution in [0.25, 0.3) is 0 Å². The average Bonchev–Trinajstić information content (AvgIpc) is 2.35. The van der Waals surface area contributed by atoms with Gasteiger partial charge in [0, 0.05) is 25.4 Å². The summed E-state index contributed by atoms with van der Waals surface area (Å²) in [6.45, 7) is 4.77. The first-order chi connectivity index (χ1) is 8.44. The summed E-state index contributed by atoms with van der Waals surface area (Å²) in [5.41, 5.74) is 0.156. The van der Waals surface area contributed by atoms with Crippen molar-refractivity contribution in [3.05, 3.63) is 34.2 Å². The molecule has 1 amide bonds. The van der Waals surface area contributed by atoms with E-state index in [-0.39, 0.29) is 23.5 Å². The zero-order chi connectivity index (χ0) is 13.6. The highest BCUT2D eigenvalue weighted by Crippen LogP contribution is 2.20. The molecule has 100 valence electrons. The molecule has 0 saturated heterocycles. The number of carbonyl (C=O) groups excluding carboxylic acids is 1. The molecule has 0 aliphatic rings. The third-order valence-electron chi connectivity index (χ3n) is 2.79. The standard InChI is InChI=1S/C13H20N2O3/c1-13(2,6-3-7-16)9-15-12(18)10-4-5-11(17)14-8-10/h4-5,8,16H,3,6-7,9H2,1-2H3,(H,14,17)(H,15,18). The highest BCUT2D eigenvalue weighted by atomic mass is 16.3. The van der Waals surface area contributed by atoms with E-state index in [0.717, 1.165) is 12.8 Å². The van der Waals surface area contributed by atoms with Crippen molar-refractivity contribution in [2.45, 2.75) is 26.7 Å². The SMILES string of the molecule is CC(C)(CCCO)CNC(=O)c1ccc(=O)[nH]c1. The van der Waals surface area contributed by atoms with E-state index in [1.807, 2.05) is 13.8 Å². The number of nitrogens with one attached hydrogen (secondary N) is 2. The Morgan fingerprint density at radius 2 is 2.17 bits per heavy atom. The number of aromatic amines is 1. The van der Waals surface area contributed by atoms with Gasteiger partial charge in [-0.15, -0.1) is 0 Å². The molecule has 1 rings (SSSR count). The van der Waals surface area contributed by atoms with Gasteiger partial charge in [-0.25, -0.2) is 0 Å². The molecule has 1 heterocycles. The van der Waals surface area contributed by atoms with E-state index in [1.165, 1.54) is 18.3 Å². The zero-order valence-corrected chi connectivity index (χ0v) is 10.8. The van der Waals surface area contributed by atoms with E-state index in [9.17, 15) is 9.59 Å². The second kappa shape index (κ2) is 6.35. The van der Waals surface area contributed by atoms with Crippen LogP contribution in [0.1, 0.15) is 37.0 Å². The lowest BCUT2D eigenvalue weighted by atomic mass is 9.88. The maximum Gasteiger partial charge on any atom is 0.252 e. The molecular weight excluding hydrogens is 232 g/mol. The van der Waals surface area contributed by atoms with Crippen LogP contribution in [0.15, 0.2) is 23.1 Å². The Morgan fingerprint density at radius 1 is 1.44 bits per heavy atom. The smallest absolute Gasteiger partial charge is 0.252 e. The van der Waals surface area contributed by atoms with Gasteiger partial charge in [0.1, 0.15) is 0 Å². The first-order valence-corrected chi connectivity index (χ1v) is 6.02. The number of hydrogen-bond acceptors (Lipinski definition) is 3. The van der Waals surface area contributed by atoms with Gasteiger partial charge in [-0.2, -0.15) is 0 Å². The summed E-state index contributed by atoms with van der Waals surface area (Å²) in [5, 5.41) is 11.6. The quantitative estimate of drug-likeness (QED) is 0.703. The first kappa shape index (κ1) is 14.4. The van der Waals surface area contributed by atoms with Crippen LogP contribution in [-0.2, 0) is 0 Å². The first-order valence-electron chi connectivity index (χ1n) is 6.02. The molecule has 0 aliphatic carbocycles. The fourth-order valence-corrected chi connectivity index (χ4v) is 1.62. The number of aliphatic hydroxyl groups excluding tert-OH is 1. The van der Waals surface area contributed by atoms with Crippen molar-refractivity contribution < 1.29 is 9.90 Å². The molecule has 0 spiro atoms. The molecule has 0 aliphatic heterocycles. The number of carbonyl (C=O) groups is 1. The third-order valence-corrected chi connectivity index (χ3v) is 2.79. The van der Waals surface area contributed by atoms with E-state index in [4.69, 9.17) is 5.11 Å². The minimum Gasteiger partial charge on any atom is -0.396 e. The molecule has 0 aromatic carbocycles. The molecule has 0 bridgehead atoms. The minimum absolute atomic E-state index is 0.0550. The lowest BCUT2D eigenvalue weighted by Crippen LogP contribution is -2.34. The van der Waals surface area contributed by atoms with Crippen LogP contribution in [0.3, 0.4) is 0 Å². The van der Waals surface area contributed by atoms with Crippen LogP contribution in [0, 0.1) is 5.41 Å². The van der Waals surface area contributed by atoms with Gasteiger partial charge in [0.05, 0.1) is 5.56 Å². The summed E-state index contributed by atoms with van der Waals surface area (Å²) >= 11 is 0. The number of aliphatic hydroxyl groups is 1. The molecule has 1 aromatic heterocycles. The Bertz CT molecular complexity index is 431. The summed E-state index contributed by atoms with van der Waals surface area (Å²) in [6.07, 6.45) is 2.97. The largest absolute Gasteiger partial charge is 0.396 e. The molecular formula is C13H20N2O3. The van der Waals surface area contributed by atoms with Gasteiger partial charge < -0.3 is 15.4 Å². The van der Waals surface area contributed by atoms with Crippen molar-refractivity contribution in [3.8, 4) is 0 Å². The summed E-state index contributed by atoms with van der Waals surface area (Å²) in [7, 11) is 0. The van der Waals surface area contributed by atoms with E-state index in [1.54, 1.807) is 0 Å². The molecule has 3 N–H and O–H groups in total. The van der Waals surface area contributed by atoms with Gasteiger partial charge in [-0.3, -0.25) is 9.59 Å². The normalized spacial score (nSPS) is 11.3. The van der Waals surface area contributed by atoms with Gasteiger partial charge in [0.25, 0.3) is 5.91 Å². The number of amides is 1. The fraction of sp³-hybridized carbons (Fsp3) is 0.538. The second-order valence-electron chi connectivity index (χ2n) is 5.12. The summed E-state index contributed by atoms with van der Waals surface area (Å²) in [4.78, 5) is 25.1. The monoisotopic (exact) mass is 252 g/mol. The van der Waals surface area contributed by atoms with Crippen LogP contribution in [0.4, 0.5) is 0 Å². The Hall–Kier alpha value is -1.62.